The Morgan fingerprint density at radius 2 is 2.19 bits per heavy atom. The van der Waals surface area contributed by atoms with E-state index in [1.54, 1.807) is 0 Å². The van der Waals surface area contributed by atoms with Crippen LogP contribution >= 0.6 is 35.6 Å². The van der Waals surface area contributed by atoms with Gasteiger partial charge in [0.1, 0.15) is 0 Å². The van der Waals surface area contributed by atoms with Crippen molar-refractivity contribution in [1.82, 2.24) is 0 Å². The maximum absolute atomic E-state index is 6.17. The van der Waals surface area contributed by atoms with Gasteiger partial charge in [-0.1, -0.05) is 17.7 Å². The van der Waals surface area contributed by atoms with Gasteiger partial charge in [-0.05, 0) is 55.0 Å². The molecule has 0 bridgehead atoms. The van der Waals surface area contributed by atoms with Crippen molar-refractivity contribution in [2.75, 3.05) is 5.32 Å². The smallest absolute Gasteiger partial charge is 0.194 e. The van der Waals surface area contributed by atoms with Crippen molar-refractivity contribution in [3.05, 3.63) is 28.3 Å². The summed E-state index contributed by atoms with van der Waals surface area (Å²) in [6, 6.07) is 4.00. The predicted octanol–water partition coefficient (Wildman–Crippen LogP) is 4.14. The van der Waals surface area contributed by atoms with Gasteiger partial charge in [-0.15, -0.1) is 10.2 Å². The predicted molar refractivity (Wildman–Crippen MR) is 73.4 cm³/mol. The highest BCUT2D eigenvalue weighted by molar-refractivity contribution is 8.23. The van der Waals surface area contributed by atoms with E-state index in [1.165, 1.54) is 11.8 Å². The third-order valence-corrected chi connectivity index (χ3v) is 3.54. The van der Waals surface area contributed by atoms with E-state index < -0.39 is 0 Å². The van der Waals surface area contributed by atoms with Crippen LogP contribution in [0, 0.1) is 13.8 Å². The maximum atomic E-state index is 6.17. The average molecular weight is 272 g/mol. The second-order valence-corrected chi connectivity index (χ2v) is 5.66. The first-order valence-corrected chi connectivity index (χ1v) is 6.37. The number of nitrogens with zero attached hydrogens (tertiary/aromatic N) is 2. The SMILES string of the molecule is Cc1cc(C)c(NC2N=NC(=S)S2)c(Cl)c1. The van der Waals surface area contributed by atoms with E-state index in [-0.39, 0.29) is 5.50 Å². The molecule has 0 aliphatic carbocycles. The second kappa shape index (κ2) is 4.69. The molecule has 1 heterocycles. The Kier molecular flexibility index (Phi) is 3.47. The fourth-order valence-corrected chi connectivity index (χ4v) is 2.78. The number of nitrogens with one attached hydrogen (secondary N) is 1. The standard InChI is InChI=1S/C10H10ClN3S2/c1-5-3-6(2)8(7(11)4-5)12-9-13-14-10(15)16-9/h3-4,9,12H,1-2H3. The Hall–Kier alpha value is -0.650. The molecule has 84 valence electrons. The van der Waals surface area contributed by atoms with Gasteiger partial charge in [0.25, 0.3) is 0 Å². The van der Waals surface area contributed by atoms with Crippen molar-refractivity contribution in [2.45, 2.75) is 19.3 Å². The first-order chi connectivity index (χ1) is 7.56. The minimum absolute atomic E-state index is 0.161. The summed E-state index contributed by atoms with van der Waals surface area (Å²) < 4.78 is 0.554. The van der Waals surface area contributed by atoms with E-state index in [2.05, 4.69) is 21.6 Å². The monoisotopic (exact) mass is 271 g/mol. The normalized spacial score (nSPS) is 19.2. The third-order valence-electron chi connectivity index (χ3n) is 2.16. The van der Waals surface area contributed by atoms with Gasteiger partial charge >= 0.3 is 0 Å². The van der Waals surface area contributed by atoms with Gasteiger partial charge in [-0.3, -0.25) is 0 Å². The van der Waals surface area contributed by atoms with Crippen LogP contribution in [0.15, 0.2) is 22.4 Å². The molecule has 1 aromatic rings. The Morgan fingerprint density at radius 3 is 2.75 bits per heavy atom. The summed E-state index contributed by atoms with van der Waals surface area (Å²) >= 11 is 12.5. The molecule has 0 radical (unpaired) electrons. The summed E-state index contributed by atoms with van der Waals surface area (Å²) in [5, 5.41) is 11.7. The highest BCUT2D eigenvalue weighted by Crippen LogP contribution is 2.32. The molecule has 0 spiro atoms. The van der Waals surface area contributed by atoms with Gasteiger partial charge in [-0.2, -0.15) is 0 Å². The van der Waals surface area contributed by atoms with Crippen LogP contribution in [0.2, 0.25) is 5.02 Å². The summed E-state index contributed by atoms with van der Waals surface area (Å²) in [5.41, 5.74) is 2.97. The summed E-state index contributed by atoms with van der Waals surface area (Å²) in [7, 11) is 0. The zero-order valence-corrected chi connectivity index (χ0v) is 11.2. The molecular weight excluding hydrogens is 262 g/mol. The molecule has 6 heteroatoms. The zero-order valence-electron chi connectivity index (χ0n) is 8.82. The fraction of sp³-hybridized carbons (Fsp3) is 0.300. The van der Waals surface area contributed by atoms with Crippen LogP contribution in [-0.4, -0.2) is 9.82 Å². The number of azo groups is 1. The molecule has 0 fully saturated rings. The Labute approximate surface area is 109 Å². The van der Waals surface area contributed by atoms with Crippen LogP contribution in [-0.2, 0) is 0 Å². The lowest BCUT2D eigenvalue weighted by Crippen LogP contribution is -2.11. The topological polar surface area (TPSA) is 36.8 Å². The molecule has 1 aliphatic rings. The fourth-order valence-electron chi connectivity index (χ4n) is 1.52. The number of halogens is 1. The van der Waals surface area contributed by atoms with Crippen LogP contribution in [0.1, 0.15) is 11.1 Å². The van der Waals surface area contributed by atoms with E-state index in [1.807, 2.05) is 19.9 Å². The van der Waals surface area contributed by atoms with Crippen molar-refractivity contribution >= 4 is 45.6 Å². The quantitative estimate of drug-likeness (QED) is 0.822. The number of hydrogen-bond acceptors (Lipinski definition) is 4. The number of anilines is 1. The second-order valence-electron chi connectivity index (χ2n) is 3.53. The van der Waals surface area contributed by atoms with Crippen molar-refractivity contribution in [2.24, 2.45) is 10.2 Å². The number of thiocarbonyl (C=S) groups is 1. The first kappa shape index (κ1) is 11.8. The summed E-state index contributed by atoms with van der Waals surface area (Å²) in [6.45, 7) is 4.03. The van der Waals surface area contributed by atoms with E-state index in [0.29, 0.717) is 9.34 Å². The minimum atomic E-state index is -0.161. The molecule has 0 amide bonds. The van der Waals surface area contributed by atoms with Crippen molar-refractivity contribution in [3.8, 4) is 0 Å². The minimum Gasteiger partial charge on any atom is -0.352 e. The molecule has 1 unspecified atom stereocenters. The number of aryl methyl sites for hydroxylation is 2. The van der Waals surface area contributed by atoms with E-state index in [9.17, 15) is 0 Å². The lowest BCUT2D eigenvalue weighted by atomic mass is 10.1. The van der Waals surface area contributed by atoms with Crippen LogP contribution in [0.4, 0.5) is 5.69 Å². The molecular formula is C10H10ClN3S2. The summed E-state index contributed by atoms with van der Waals surface area (Å²) in [5.74, 6) is 0. The highest BCUT2D eigenvalue weighted by atomic mass is 35.5. The number of hydrogen-bond donors (Lipinski definition) is 1. The van der Waals surface area contributed by atoms with Crippen LogP contribution in [0.25, 0.3) is 0 Å². The first-order valence-electron chi connectivity index (χ1n) is 4.71. The van der Waals surface area contributed by atoms with Crippen molar-refractivity contribution in [3.63, 3.8) is 0 Å². The molecule has 0 saturated carbocycles. The maximum Gasteiger partial charge on any atom is 0.194 e. The lowest BCUT2D eigenvalue weighted by molar-refractivity contribution is 0.992. The molecule has 0 aromatic heterocycles. The van der Waals surface area contributed by atoms with Gasteiger partial charge in [0, 0.05) is 0 Å². The lowest BCUT2D eigenvalue weighted by Gasteiger charge is -2.14. The summed E-state index contributed by atoms with van der Waals surface area (Å²) in [4.78, 5) is 0. The van der Waals surface area contributed by atoms with Gasteiger partial charge in [0.2, 0.25) is 0 Å². The highest BCUT2D eigenvalue weighted by Gasteiger charge is 2.18. The number of rotatable bonds is 2. The van der Waals surface area contributed by atoms with E-state index in [4.69, 9.17) is 23.8 Å². The molecule has 1 N–H and O–H groups in total. The zero-order chi connectivity index (χ0) is 11.7. The number of benzene rings is 1. The van der Waals surface area contributed by atoms with Gasteiger partial charge in [0.15, 0.2) is 9.82 Å². The van der Waals surface area contributed by atoms with Crippen LogP contribution in [0.3, 0.4) is 0 Å². The van der Waals surface area contributed by atoms with Crippen molar-refractivity contribution < 1.29 is 0 Å². The molecule has 0 saturated heterocycles. The van der Waals surface area contributed by atoms with Crippen LogP contribution in [0.5, 0.6) is 0 Å². The third kappa shape index (κ3) is 2.53. The summed E-state index contributed by atoms with van der Waals surface area (Å²) in [6.07, 6.45) is 0. The molecule has 16 heavy (non-hydrogen) atoms. The van der Waals surface area contributed by atoms with Gasteiger partial charge < -0.3 is 5.32 Å². The van der Waals surface area contributed by atoms with E-state index >= 15 is 0 Å². The van der Waals surface area contributed by atoms with Gasteiger partial charge in [0.05, 0.1) is 10.7 Å². The molecule has 1 aromatic carbocycles. The van der Waals surface area contributed by atoms with E-state index in [0.717, 1.165) is 16.8 Å². The molecule has 3 nitrogen and oxygen atoms in total. The molecule has 1 aliphatic heterocycles. The van der Waals surface area contributed by atoms with Crippen LogP contribution < -0.4 is 5.32 Å². The largest absolute Gasteiger partial charge is 0.352 e. The van der Waals surface area contributed by atoms with Gasteiger partial charge in [-0.25, -0.2) is 0 Å². The Bertz CT molecular complexity index is 450. The number of thioether (sulfide) groups is 1. The Balaban J connectivity index is 2.22. The average Bonchev–Trinajstić information content (AvgIpc) is 2.58. The Morgan fingerprint density at radius 1 is 1.44 bits per heavy atom. The molecule has 2 rings (SSSR count). The van der Waals surface area contributed by atoms with Crippen molar-refractivity contribution in [1.29, 1.82) is 0 Å². The molecule has 1 atom stereocenters.